The number of rotatable bonds is 10. The predicted molar refractivity (Wildman–Crippen MR) is 130 cm³/mol. The van der Waals surface area contributed by atoms with Crippen molar-refractivity contribution in [1.29, 1.82) is 0 Å². The van der Waals surface area contributed by atoms with Gasteiger partial charge in [0, 0.05) is 18.3 Å². The predicted octanol–water partition coefficient (Wildman–Crippen LogP) is 5.30. The topological polar surface area (TPSA) is 117 Å². The Morgan fingerprint density at radius 3 is 1.91 bits per heavy atom. The van der Waals surface area contributed by atoms with E-state index < -0.39 is 26.6 Å². The summed E-state index contributed by atoms with van der Waals surface area (Å²) in [4.78, 5) is 25.7. The van der Waals surface area contributed by atoms with Gasteiger partial charge in [0.25, 0.3) is 5.91 Å². The molecule has 0 spiro atoms. The second-order valence-corrected chi connectivity index (χ2v) is 9.23. The number of anilines is 1. The number of hydrogen-bond donors (Lipinski definition) is 1. The fourth-order valence-electron chi connectivity index (χ4n) is 2.86. The molecule has 0 saturated heterocycles. The van der Waals surface area contributed by atoms with E-state index in [4.69, 9.17) is 24.0 Å². The molecule has 184 valence electrons. The van der Waals surface area contributed by atoms with Gasteiger partial charge in [-0.2, -0.15) is 0 Å². The molecule has 0 aliphatic carbocycles. The maximum absolute atomic E-state index is 13.2. The molecule has 3 aromatic rings. The standard InChI is InChI=1S/C25H27N2O7P/c1-19-13-14-22(15-23(19)26)24(28)27(2)25(29)31-18-34-35(30,32-16-20-9-5-3-6-10-20)33-17-21-11-7-4-8-12-21/h3-15H,16-18,26H2,1-2H3. The number of phosphoric ester groups is 1. The lowest BCUT2D eigenvalue weighted by molar-refractivity contribution is 0.00723. The molecule has 10 heteroatoms. The van der Waals surface area contributed by atoms with Gasteiger partial charge >= 0.3 is 13.9 Å². The van der Waals surface area contributed by atoms with Crippen molar-refractivity contribution in [3.05, 3.63) is 101 Å². The number of amides is 2. The monoisotopic (exact) mass is 498 g/mol. The van der Waals surface area contributed by atoms with E-state index in [0.717, 1.165) is 21.6 Å². The van der Waals surface area contributed by atoms with Crippen molar-refractivity contribution >= 4 is 25.5 Å². The highest BCUT2D eigenvalue weighted by Gasteiger charge is 2.29. The smallest absolute Gasteiger partial charge is 0.421 e. The number of carbonyl (C=O) groups is 2. The van der Waals surface area contributed by atoms with Crippen LogP contribution in [-0.4, -0.2) is 30.7 Å². The first-order valence-electron chi connectivity index (χ1n) is 10.7. The Balaban J connectivity index is 1.59. The lowest BCUT2D eigenvalue weighted by Crippen LogP contribution is -2.34. The van der Waals surface area contributed by atoms with E-state index in [-0.39, 0.29) is 18.8 Å². The van der Waals surface area contributed by atoms with Gasteiger partial charge in [-0.05, 0) is 35.7 Å². The second-order valence-electron chi connectivity index (χ2n) is 7.56. The molecule has 0 fully saturated rings. The highest BCUT2D eigenvalue weighted by molar-refractivity contribution is 7.48. The van der Waals surface area contributed by atoms with E-state index in [0.29, 0.717) is 5.69 Å². The van der Waals surface area contributed by atoms with Gasteiger partial charge in [-0.3, -0.25) is 13.8 Å². The SMILES string of the molecule is Cc1ccc(C(=O)N(C)C(=O)OCOP(=O)(OCc2ccccc2)OCc2ccccc2)cc1N. The van der Waals surface area contributed by atoms with Gasteiger partial charge in [0.15, 0.2) is 0 Å². The molecule has 9 nitrogen and oxygen atoms in total. The zero-order valence-electron chi connectivity index (χ0n) is 19.5. The molecule has 3 rings (SSSR count). The summed E-state index contributed by atoms with van der Waals surface area (Å²) >= 11 is 0. The van der Waals surface area contributed by atoms with Crippen molar-refractivity contribution in [3.8, 4) is 0 Å². The zero-order chi connectivity index (χ0) is 25.3. The normalized spacial score (nSPS) is 11.1. The van der Waals surface area contributed by atoms with Crippen LogP contribution in [0.15, 0.2) is 78.9 Å². The summed E-state index contributed by atoms with van der Waals surface area (Å²) in [6.45, 7) is 0.951. The Kier molecular flexibility index (Phi) is 9.17. The average molecular weight is 498 g/mol. The van der Waals surface area contributed by atoms with Gasteiger partial charge in [0.05, 0.1) is 13.2 Å². The fourth-order valence-corrected chi connectivity index (χ4v) is 3.88. The number of benzene rings is 3. The number of nitrogens with zero attached hydrogens (tertiary/aromatic N) is 1. The number of imide groups is 1. The minimum atomic E-state index is -4.13. The summed E-state index contributed by atoms with van der Waals surface area (Å²) < 4.78 is 34.3. The molecule has 0 unspecified atom stereocenters. The molecule has 2 amide bonds. The van der Waals surface area contributed by atoms with E-state index in [9.17, 15) is 14.2 Å². The summed E-state index contributed by atoms with van der Waals surface area (Å²) in [6, 6.07) is 22.8. The van der Waals surface area contributed by atoms with Crippen molar-refractivity contribution < 1.29 is 32.5 Å². The van der Waals surface area contributed by atoms with Gasteiger partial charge in [-0.25, -0.2) is 18.8 Å². The molecule has 0 heterocycles. The molecule has 0 bridgehead atoms. The Hall–Kier alpha value is -3.49. The quantitative estimate of drug-likeness (QED) is 0.227. The van der Waals surface area contributed by atoms with Crippen LogP contribution in [0.3, 0.4) is 0 Å². The van der Waals surface area contributed by atoms with Crippen LogP contribution >= 0.6 is 7.82 Å². The van der Waals surface area contributed by atoms with E-state index in [2.05, 4.69) is 0 Å². The average Bonchev–Trinajstić information content (AvgIpc) is 2.88. The van der Waals surface area contributed by atoms with Crippen molar-refractivity contribution in [3.63, 3.8) is 0 Å². The van der Waals surface area contributed by atoms with Crippen LogP contribution in [0.25, 0.3) is 0 Å². The Morgan fingerprint density at radius 2 is 1.40 bits per heavy atom. The van der Waals surface area contributed by atoms with Gasteiger partial charge in [0.1, 0.15) is 0 Å². The van der Waals surface area contributed by atoms with Crippen LogP contribution in [0.1, 0.15) is 27.0 Å². The Labute approximate surface area is 204 Å². The first-order chi connectivity index (χ1) is 16.8. The van der Waals surface area contributed by atoms with Crippen LogP contribution in [-0.2, 0) is 36.1 Å². The largest absolute Gasteiger partial charge is 0.478 e. The fraction of sp³-hybridized carbons (Fsp3) is 0.200. The Morgan fingerprint density at radius 1 is 0.857 bits per heavy atom. The molecule has 0 aliphatic rings. The van der Waals surface area contributed by atoms with Crippen LogP contribution in [0.2, 0.25) is 0 Å². The third kappa shape index (κ3) is 7.77. The van der Waals surface area contributed by atoms with Crippen LogP contribution in [0, 0.1) is 6.92 Å². The summed E-state index contributed by atoms with van der Waals surface area (Å²) in [5.41, 5.74) is 8.79. The van der Waals surface area contributed by atoms with E-state index in [1.165, 1.54) is 13.1 Å². The lowest BCUT2D eigenvalue weighted by atomic mass is 10.1. The van der Waals surface area contributed by atoms with E-state index >= 15 is 0 Å². The van der Waals surface area contributed by atoms with Gasteiger partial charge in [-0.15, -0.1) is 0 Å². The molecular weight excluding hydrogens is 471 g/mol. The number of aryl methyl sites for hydroxylation is 1. The highest BCUT2D eigenvalue weighted by atomic mass is 31.2. The van der Waals surface area contributed by atoms with Crippen LogP contribution < -0.4 is 5.73 Å². The van der Waals surface area contributed by atoms with E-state index in [1.807, 2.05) is 36.4 Å². The second kappa shape index (κ2) is 12.3. The molecule has 0 saturated carbocycles. The van der Waals surface area contributed by atoms with Crippen molar-refractivity contribution in [2.24, 2.45) is 0 Å². The third-order valence-electron chi connectivity index (χ3n) is 4.96. The number of phosphoric acid groups is 1. The number of nitrogens with two attached hydrogens (primary N) is 1. The molecule has 2 N–H and O–H groups in total. The van der Waals surface area contributed by atoms with Gasteiger partial charge < -0.3 is 10.5 Å². The van der Waals surface area contributed by atoms with E-state index in [1.54, 1.807) is 43.3 Å². The zero-order valence-corrected chi connectivity index (χ0v) is 20.4. The first kappa shape index (κ1) is 26.1. The first-order valence-corrected chi connectivity index (χ1v) is 12.2. The molecule has 35 heavy (non-hydrogen) atoms. The summed E-state index contributed by atoms with van der Waals surface area (Å²) in [5, 5.41) is 0. The van der Waals surface area contributed by atoms with Crippen molar-refractivity contribution in [2.75, 3.05) is 19.6 Å². The molecular formula is C25H27N2O7P. The summed E-state index contributed by atoms with van der Waals surface area (Å²) in [7, 11) is -2.88. The maximum Gasteiger partial charge on any atom is 0.478 e. The van der Waals surface area contributed by atoms with Gasteiger partial charge in [-0.1, -0.05) is 66.7 Å². The Bertz CT molecular complexity index is 1140. The molecule has 0 atom stereocenters. The minimum Gasteiger partial charge on any atom is -0.421 e. The molecule has 0 aromatic heterocycles. The summed E-state index contributed by atoms with van der Waals surface area (Å²) in [6.07, 6.45) is -1.01. The van der Waals surface area contributed by atoms with Gasteiger partial charge in [0.2, 0.25) is 6.79 Å². The molecule has 0 aliphatic heterocycles. The lowest BCUT2D eigenvalue weighted by Gasteiger charge is -2.20. The molecule has 0 radical (unpaired) electrons. The number of carbonyl (C=O) groups excluding carboxylic acids is 2. The summed E-state index contributed by atoms with van der Waals surface area (Å²) in [5.74, 6) is -0.620. The number of nitrogen functional groups attached to an aromatic ring is 1. The molecule has 3 aromatic carbocycles. The van der Waals surface area contributed by atoms with Crippen LogP contribution in [0.4, 0.5) is 10.5 Å². The van der Waals surface area contributed by atoms with Crippen molar-refractivity contribution in [2.45, 2.75) is 20.1 Å². The maximum atomic E-state index is 13.2. The number of ether oxygens (including phenoxy) is 1. The highest BCUT2D eigenvalue weighted by Crippen LogP contribution is 2.50. The third-order valence-corrected chi connectivity index (χ3v) is 6.27. The van der Waals surface area contributed by atoms with Crippen LogP contribution in [0.5, 0.6) is 0 Å². The number of hydrogen-bond acceptors (Lipinski definition) is 8. The minimum absolute atomic E-state index is 0.0475. The van der Waals surface area contributed by atoms with Crippen molar-refractivity contribution in [1.82, 2.24) is 4.90 Å².